The third-order valence-electron chi connectivity index (χ3n) is 3.38. The highest BCUT2D eigenvalue weighted by molar-refractivity contribution is 5.36. The van der Waals surface area contributed by atoms with Crippen molar-refractivity contribution < 1.29 is 0 Å². The first-order valence-corrected chi connectivity index (χ1v) is 6.57. The second-order valence-corrected chi connectivity index (χ2v) is 5.39. The van der Waals surface area contributed by atoms with Crippen LogP contribution in [0.4, 0.5) is 5.82 Å². The van der Waals surface area contributed by atoms with Gasteiger partial charge in [0.05, 0.1) is 0 Å². The highest BCUT2D eigenvalue weighted by Crippen LogP contribution is 2.29. The minimum atomic E-state index is 0.571. The molecule has 0 aromatic carbocycles. The lowest BCUT2D eigenvalue weighted by Gasteiger charge is -2.19. The zero-order valence-corrected chi connectivity index (χ0v) is 11.1. The van der Waals surface area contributed by atoms with Crippen molar-refractivity contribution in [3.8, 4) is 0 Å². The van der Waals surface area contributed by atoms with E-state index in [9.17, 15) is 0 Å². The van der Waals surface area contributed by atoms with Gasteiger partial charge in [0, 0.05) is 18.8 Å². The van der Waals surface area contributed by atoms with Crippen molar-refractivity contribution in [3.05, 3.63) is 23.9 Å². The van der Waals surface area contributed by atoms with Gasteiger partial charge in [0.15, 0.2) is 0 Å². The number of pyridine rings is 1. The number of nitrogens with one attached hydrogen (secondary N) is 1. The molecule has 1 saturated heterocycles. The van der Waals surface area contributed by atoms with Crippen LogP contribution < -0.4 is 5.32 Å². The summed E-state index contributed by atoms with van der Waals surface area (Å²) in [6.45, 7) is 6.59. The van der Waals surface area contributed by atoms with Crippen LogP contribution in [0.15, 0.2) is 18.3 Å². The van der Waals surface area contributed by atoms with E-state index in [4.69, 9.17) is 0 Å². The molecular formula is C14H23N3. The first-order chi connectivity index (χ1) is 8.16. The Balaban J connectivity index is 1.97. The van der Waals surface area contributed by atoms with Gasteiger partial charge in [-0.2, -0.15) is 0 Å². The van der Waals surface area contributed by atoms with E-state index in [-0.39, 0.29) is 0 Å². The van der Waals surface area contributed by atoms with Crippen LogP contribution in [0.3, 0.4) is 0 Å². The van der Waals surface area contributed by atoms with Crippen LogP contribution in [0.2, 0.25) is 0 Å². The average Bonchev–Trinajstić information content (AvgIpc) is 2.73. The van der Waals surface area contributed by atoms with E-state index >= 15 is 0 Å². The molecule has 3 nitrogen and oxygen atoms in total. The van der Waals surface area contributed by atoms with E-state index in [1.165, 1.54) is 24.9 Å². The van der Waals surface area contributed by atoms with Gasteiger partial charge in [-0.25, -0.2) is 4.98 Å². The van der Waals surface area contributed by atoms with Gasteiger partial charge in [-0.3, -0.25) is 4.90 Å². The van der Waals surface area contributed by atoms with Crippen molar-refractivity contribution in [1.29, 1.82) is 0 Å². The van der Waals surface area contributed by atoms with Crippen molar-refractivity contribution in [1.82, 2.24) is 9.88 Å². The molecule has 0 bridgehead atoms. The zero-order chi connectivity index (χ0) is 12.3. The minimum Gasteiger partial charge on any atom is -0.370 e. The Morgan fingerprint density at radius 1 is 1.47 bits per heavy atom. The first kappa shape index (κ1) is 12.4. The molecule has 17 heavy (non-hydrogen) atoms. The lowest BCUT2D eigenvalue weighted by molar-refractivity contribution is 0.317. The molecule has 1 aromatic heterocycles. The van der Waals surface area contributed by atoms with Gasteiger partial charge in [-0.05, 0) is 44.0 Å². The van der Waals surface area contributed by atoms with Gasteiger partial charge < -0.3 is 5.32 Å². The number of hydrogen-bond donors (Lipinski definition) is 1. The molecule has 0 spiro atoms. The van der Waals surface area contributed by atoms with Gasteiger partial charge in [-0.15, -0.1) is 0 Å². The molecule has 1 atom stereocenters. The smallest absolute Gasteiger partial charge is 0.125 e. The van der Waals surface area contributed by atoms with E-state index in [1.54, 1.807) is 0 Å². The highest BCUT2D eigenvalue weighted by atomic mass is 15.1. The van der Waals surface area contributed by atoms with Gasteiger partial charge in [0.25, 0.3) is 0 Å². The van der Waals surface area contributed by atoms with Crippen LogP contribution in [-0.4, -0.2) is 30.0 Å². The van der Waals surface area contributed by atoms with Gasteiger partial charge in [-0.1, -0.05) is 19.9 Å². The Kier molecular flexibility index (Phi) is 4.00. The normalized spacial score (nSPS) is 21.1. The average molecular weight is 233 g/mol. The fraction of sp³-hybridized carbons (Fsp3) is 0.643. The quantitative estimate of drug-likeness (QED) is 0.866. The van der Waals surface area contributed by atoms with Gasteiger partial charge >= 0.3 is 0 Å². The van der Waals surface area contributed by atoms with E-state index in [1.807, 2.05) is 6.20 Å². The fourth-order valence-electron chi connectivity index (χ4n) is 2.35. The molecule has 0 amide bonds. The summed E-state index contributed by atoms with van der Waals surface area (Å²) in [4.78, 5) is 6.91. The highest BCUT2D eigenvalue weighted by Gasteiger charge is 2.22. The van der Waals surface area contributed by atoms with Crippen molar-refractivity contribution in [2.75, 3.05) is 25.5 Å². The summed E-state index contributed by atoms with van der Waals surface area (Å²) in [5.41, 5.74) is 1.35. The molecule has 1 fully saturated rings. The van der Waals surface area contributed by atoms with E-state index in [2.05, 4.69) is 48.2 Å². The Labute approximate surface area is 104 Å². The predicted molar refractivity (Wildman–Crippen MR) is 72.2 cm³/mol. The van der Waals surface area contributed by atoms with Crippen molar-refractivity contribution in [2.45, 2.75) is 32.7 Å². The number of hydrogen-bond acceptors (Lipinski definition) is 3. The first-order valence-electron chi connectivity index (χ1n) is 6.57. The van der Waals surface area contributed by atoms with Crippen molar-refractivity contribution in [3.63, 3.8) is 0 Å². The summed E-state index contributed by atoms with van der Waals surface area (Å²) in [6, 6.07) is 4.88. The fourth-order valence-corrected chi connectivity index (χ4v) is 2.35. The maximum absolute atomic E-state index is 4.49. The van der Waals surface area contributed by atoms with E-state index in [0.717, 1.165) is 12.4 Å². The molecular weight excluding hydrogens is 210 g/mol. The van der Waals surface area contributed by atoms with Crippen LogP contribution in [0.1, 0.15) is 38.3 Å². The van der Waals surface area contributed by atoms with Crippen LogP contribution >= 0.6 is 0 Å². The Bertz CT molecular complexity index is 345. The maximum atomic E-state index is 4.49. The third-order valence-corrected chi connectivity index (χ3v) is 3.38. The molecule has 1 aromatic rings. The summed E-state index contributed by atoms with van der Waals surface area (Å²) in [6.07, 6.45) is 4.58. The molecule has 2 rings (SSSR count). The van der Waals surface area contributed by atoms with Gasteiger partial charge in [0.1, 0.15) is 5.82 Å². The number of likely N-dealkylation sites (tertiary alicyclic amines) is 1. The summed E-state index contributed by atoms with van der Waals surface area (Å²) in [5, 5.41) is 3.35. The minimum absolute atomic E-state index is 0.571. The molecule has 0 radical (unpaired) electrons. The maximum Gasteiger partial charge on any atom is 0.125 e. The lowest BCUT2D eigenvalue weighted by atomic mass is 10.1. The van der Waals surface area contributed by atoms with E-state index in [0.29, 0.717) is 12.0 Å². The summed E-state index contributed by atoms with van der Waals surface area (Å²) in [7, 11) is 2.20. The molecule has 94 valence electrons. The molecule has 1 N–H and O–H groups in total. The largest absolute Gasteiger partial charge is 0.370 e. The van der Waals surface area contributed by atoms with Crippen LogP contribution in [0, 0.1) is 5.92 Å². The molecule has 3 heteroatoms. The topological polar surface area (TPSA) is 28.2 Å². The monoisotopic (exact) mass is 233 g/mol. The Hall–Kier alpha value is -1.09. The van der Waals surface area contributed by atoms with Crippen molar-refractivity contribution >= 4 is 5.82 Å². The standard InChI is InChI=1S/C14H23N3/c1-11(2)9-15-14-7-6-12(10-16-14)13-5-4-8-17(13)3/h6-7,10-11,13H,4-5,8-9H2,1-3H3,(H,15,16). The molecule has 1 aliphatic heterocycles. The number of nitrogens with zero attached hydrogens (tertiary/aromatic N) is 2. The molecule has 2 heterocycles. The summed E-state index contributed by atoms with van der Waals surface area (Å²) in [5.74, 6) is 1.64. The molecule has 0 saturated carbocycles. The summed E-state index contributed by atoms with van der Waals surface area (Å²) < 4.78 is 0. The van der Waals surface area contributed by atoms with Crippen molar-refractivity contribution in [2.24, 2.45) is 5.92 Å². The van der Waals surface area contributed by atoms with E-state index < -0.39 is 0 Å². The van der Waals surface area contributed by atoms with Crippen LogP contribution in [0.25, 0.3) is 0 Å². The Morgan fingerprint density at radius 3 is 2.82 bits per heavy atom. The summed E-state index contributed by atoms with van der Waals surface area (Å²) >= 11 is 0. The number of rotatable bonds is 4. The van der Waals surface area contributed by atoms with Crippen LogP contribution in [-0.2, 0) is 0 Å². The predicted octanol–water partition coefficient (Wildman–Crippen LogP) is 2.92. The molecule has 1 unspecified atom stereocenters. The lowest BCUT2D eigenvalue weighted by Crippen LogP contribution is -2.17. The second kappa shape index (κ2) is 5.50. The molecule has 0 aliphatic carbocycles. The number of aromatic nitrogens is 1. The van der Waals surface area contributed by atoms with Crippen LogP contribution in [0.5, 0.6) is 0 Å². The SMILES string of the molecule is CC(C)CNc1ccc(C2CCCN2C)cn1. The second-order valence-electron chi connectivity index (χ2n) is 5.39. The zero-order valence-electron chi connectivity index (χ0n) is 11.1. The Morgan fingerprint density at radius 2 is 2.29 bits per heavy atom. The molecule has 1 aliphatic rings. The third kappa shape index (κ3) is 3.19. The number of anilines is 1. The van der Waals surface area contributed by atoms with Gasteiger partial charge in [0.2, 0.25) is 0 Å².